The van der Waals surface area contributed by atoms with E-state index < -0.39 is 56.3 Å². The van der Waals surface area contributed by atoms with Crippen LogP contribution in [0.2, 0.25) is 0 Å². The monoisotopic (exact) mass is 636 g/mol. The predicted octanol–water partition coefficient (Wildman–Crippen LogP) is 5.68. The number of amides is 2. The number of carbonyl (C=O) groups is 2. The zero-order valence-electron chi connectivity index (χ0n) is 25.5. The molecule has 0 bridgehead atoms. The molecule has 1 unspecified atom stereocenters. The summed E-state index contributed by atoms with van der Waals surface area (Å²) in [6.07, 6.45) is -4.33. The van der Waals surface area contributed by atoms with Crippen molar-refractivity contribution in [3.63, 3.8) is 0 Å². The number of rotatable bonds is 6. The molecule has 238 valence electrons. The number of fused-ring (bicyclic) bond motifs is 1. The number of alkyl carbamates (subject to hydrolysis) is 1. The van der Waals surface area contributed by atoms with Gasteiger partial charge in [0.05, 0.1) is 22.7 Å². The Kier molecular flexibility index (Phi) is 8.55. The topological polar surface area (TPSA) is 124 Å². The van der Waals surface area contributed by atoms with E-state index in [1.54, 1.807) is 20.8 Å². The number of aromatic nitrogens is 2. The van der Waals surface area contributed by atoms with E-state index in [1.807, 2.05) is 20.8 Å². The van der Waals surface area contributed by atoms with E-state index in [1.165, 1.54) is 35.2 Å². The molecule has 0 saturated carbocycles. The third kappa shape index (κ3) is 7.71. The largest absolute Gasteiger partial charge is 0.444 e. The molecule has 10 nitrogen and oxygen atoms in total. The van der Waals surface area contributed by atoms with Crippen molar-refractivity contribution in [2.24, 2.45) is 0 Å². The number of alkyl halides is 2. The molecule has 0 aliphatic carbocycles. The maximum atomic E-state index is 15.6. The van der Waals surface area contributed by atoms with Gasteiger partial charge in [0.15, 0.2) is 0 Å². The van der Waals surface area contributed by atoms with Crippen LogP contribution < -0.4 is 15.0 Å². The first-order valence-electron chi connectivity index (χ1n) is 13.6. The SMILES string of the molecule is C=S1(=O)C[C@H](NC(=O)OC(C)(C)C)C(=O)N(Cc2ccc(OC(C)(F)F)cc2)c2cc(-c3nnc(C(C)(C)C)o3)c(F)cc21. The lowest BCUT2D eigenvalue weighted by atomic mass is 9.97. The van der Waals surface area contributed by atoms with Crippen molar-refractivity contribution in [3.8, 4) is 17.2 Å². The van der Waals surface area contributed by atoms with Gasteiger partial charge in [-0.3, -0.25) is 9.00 Å². The van der Waals surface area contributed by atoms with Crippen molar-refractivity contribution < 1.29 is 40.9 Å². The van der Waals surface area contributed by atoms with Gasteiger partial charge >= 0.3 is 12.2 Å². The van der Waals surface area contributed by atoms with Gasteiger partial charge in [0.1, 0.15) is 23.2 Å². The maximum absolute atomic E-state index is 15.6. The van der Waals surface area contributed by atoms with Crippen molar-refractivity contribution >= 4 is 33.1 Å². The molecule has 2 atom stereocenters. The molecule has 0 fully saturated rings. The van der Waals surface area contributed by atoms with Gasteiger partial charge in [-0.05, 0) is 56.5 Å². The van der Waals surface area contributed by atoms with Gasteiger partial charge in [0.2, 0.25) is 5.89 Å². The molecule has 1 aliphatic rings. The molecule has 4 rings (SSSR count). The van der Waals surface area contributed by atoms with Crippen LogP contribution >= 0.6 is 0 Å². The summed E-state index contributed by atoms with van der Waals surface area (Å²) >= 11 is 0. The van der Waals surface area contributed by atoms with E-state index in [0.29, 0.717) is 12.5 Å². The summed E-state index contributed by atoms with van der Waals surface area (Å²) in [6, 6.07) is 6.46. The van der Waals surface area contributed by atoms with Crippen molar-refractivity contribution in [2.75, 3.05) is 10.7 Å². The van der Waals surface area contributed by atoms with Crippen LogP contribution in [0.25, 0.3) is 11.5 Å². The van der Waals surface area contributed by atoms with Crippen LogP contribution in [-0.2, 0) is 31.0 Å². The van der Waals surface area contributed by atoms with Gasteiger partial charge in [-0.25, -0.2) is 9.18 Å². The minimum atomic E-state index is -3.40. The summed E-state index contributed by atoms with van der Waals surface area (Å²) < 4.78 is 71.9. The quantitative estimate of drug-likeness (QED) is 0.343. The second-order valence-electron chi connectivity index (χ2n) is 12.6. The fourth-order valence-electron chi connectivity index (χ4n) is 4.36. The second-order valence-corrected chi connectivity index (χ2v) is 15.0. The Balaban J connectivity index is 1.83. The average Bonchev–Trinajstić information content (AvgIpc) is 3.34. The Bertz CT molecular complexity index is 1670. The van der Waals surface area contributed by atoms with E-state index in [4.69, 9.17) is 9.15 Å². The number of nitrogens with one attached hydrogen (secondary N) is 1. The molecule has 0 saturated heterocycles. The van der Waals surface area contributed by atoms with E-state index >= 15 is 4.39 Å². The highest BCUT2D eigenvalue weighted by Gasteiger charge is 2.38. The molecule has 1 aliphatic heterocycles. The first kappa shape index (κ1) is 32.8. The highest BCUT2D eigenvalue weighted by molar-refractivity contribution is 8.00. The second kappa shape index (κ2) is 11.5. The Morgan fingerprint density at radius 3 is 2.30 bits per heavy atom. The minimum absolute atomic E-state index is 0.0378. The number of anilines is 1. The van der Waals surface area contributed by atoms with Gasteiger partial charge in [0.25, 0.3) is 11.8 Å². The van der Waals surface area contributed by atoms with E-state index in [-0.39, 0.29) is 40.2 Å². The fraction of sp³-hybridized carbons (Fsp3) is 0.433. The van der Waals surface area contributed by atoms with Crippen molar-refractivity contribution in [3.05, 3.63) is 53.7 Å². The lowest BCUT2D eigenvalue weighted by Gasteiger charge is -2.27. The van der Waals surface area contributed by atoms with Gasteiger partial charge in [-0.15, -0.1) is 10.2 Å². The van der Waals surface area contributed by atoms with Crippen LogP contribution in [0, 0.1) is 5.82 Å². The van der Waals surface area contributed by atoms with E-state index in [9.17, 15) is 22.6 Å². The van der Waals surface area contributed by atoms with Gasteiger partial charge in [-0.1, -0.05) is 32.9 Å². The Morgan fingerprint density at radius 1 is 1.11 bits per heavy atom. The smallest absolute Gasteiger partial charge is 0.408 e. The third-order valence-electron chi connectivity index (χ3n) is 6.29. The number of benzene rings is 2. The summed E-state index contributed by atoms with van der Waals surface area (Å²) in [5, 5.41) is 10.5. The lowest BCUT2D eigenvalue weighted by Crippen LogP contribution is -2.51. The standard InChI is InChI=1S/C30H35F3N4O6S/c1-28(2,3)26-36-35-24(41-26)19-13-22-23(14-20(19)31)44(8,40)16-21(34-27(39)43-29(4,5)6)25(38)37(22)15-17-9-11-18(12-10-17)42-30(7,32)33/h9-14,21H,8,15-16H2,1-7H3,(H,34,39)/t21-,44?/m0/s1. The number of carbonyl (C=O) groups excluding carboxylic acids is 2. The first-order valence-corrected chi connectivity index (χ1v) is 15.5. The Labute approximate surface area is 253 Å². The van der Waals surface area contributed by atoms with Gasteiger partial charge in [0, 0.05) is 27.6 Å². The third-order valence-corrected chi connectivity index (χ3v) is 8.29. The highest BCUT2D eigenvalue weighted by atomic mass is 32.2. The van der Waals surface area contributed by atoms with Gasteiger partial charge < -0.3 is 24.1 Å². The molecule has 1 aromatic heterocycles. The summed E-state index contributed by atoms with van der Waals surface area (Å²) in [6.45, 7) is 10.9. The number of halogens is 3. The molecular weight excluding hydrogens is 601 g/mol. The van der Waals surface area contributed by atoms with Crippen molar-refractivity contribution in [2.45, 2.75) is 83.1 Å². The highest BCUT2D eigenvalue weighted by Crippen LogP contribution is 2.38. The van der Waals surface area contributed by atoms with Crippen molar-refractivity contribution in [1.29, 1.82) is 0 Å². The molecule has 2 heterocycles. The van der Waals surface area contributed by atoms with E-state index in [2.05, 4.69) is 26.1 Å². The lowest BCUT2D eigenvalue weighted by molar-refractivity contribution is -0.158. The number of hydrogen-bond donors (Lipinski definition) is 1. The molecule has 1 N–H and O–H groups in total. The molecule has 3 aromatic rings. The average molecular weight is 637 g/mol. The number of hydrogen-bond acceptors (Lipinski definition) is 8. The molecule has 2 aromatic carbocycles. The fourth-order valence-corrected chi connectivity index (χ4v) is 6.17. The predicted molar refractivity (Wildman–Crippen MR) is 159 cm³/mol. The Hall–Kier alpha value is -4.07. The summed E-state index contributed by atoms with van der Waals surface area (Å²) in [5.74, 6) is 1.83. The van der Waals surface area contributed by atoms with Crippen LogP contribution in [0.5, 0.6) is 5.75 Å². The van der Waals surface area contributed by atoms with Crippen molar-refractivity contribution in [1.82, 2.24) is 15.5 Å². The molecule has 0 spiro atoms. The summed E-state index contributed by atoms with van der Waals surface area (Å²) in [7, 11) is -3.38. The van der Waals surface area contributed by atoms with Crippen LogP contribution in [0.1, 0.15) is 59.9 Å². The Morgan fingerprint density at radius 2 is 1.75 bits per heavy atom. The van der Waals surface area contributed by atoms with E-state index in [0.717, 1.165) is 6.07 Å². The first-order chi connectivity index (χ1) is 20.1. The summed E-state index contributed by atoms with van der Waals surface area (Å²) in [4.78, 5) is 27.9. The van der Waals surface area contributed by atoms with Crippen LogP contribution in [-0.4, -0.2) is 55.8 Å². The molecule has 2 amide bonds. The minimum Gasteiger partial charge on any atom is -0.444 e. The van der Waals surface area contributed by atoms with Crippen LogP contribution in [0.3, 0.4) is 0 Å². The molecule has 14 heteroatoms. The maximum Gasteiger partial charge on any atom is 0.408 e. The molecular formula is C30H35F3N4O6S. The number of ether oxygens (including phenoxy) is 2. The van der Waals surface area contributed by atoms with Crippen LogP contribution in [0.4, 0.5) is 23.7 Å². The zero-order chi connectivity index (χ0) is 32.8. The molecule has 0 radical (unpaired) electrons. The zero-order valence-corrected chi connectivity index (χ0v) is 26.3. The van der Waals surface area contributed by atoms with Crippen LogP contribution in [0.15, 0.2) is 45.7 Å². The normalized spacial score (nSPS) is 19.3. The number of nitrogens with zero attached hydrogens (tertiary/aromatic N) is 3. The molecule has 44 heavy (non-hydrogen) atoms. The summed E-state index contributed by atoms with van der Waals surface area (Å²) in [5.41, 5.74) is -1.07. The van der Waals surface area contributed by atoms with Gasteiger partial charge in [-0.2, -0.15) is 8.78 Å².